The summed E-state index contributed by atoms with van der Waals surface area (Å²) in [5.74, 6) is -0.292. The summed E-state index contributed by atoms with van der Waals surface area (Å²) in [5, 5.41) is 0. The van der Waals surface area contributed by atoms with E-state index in [0.29, 0.717) is 19.6 Å². The first kappa shape index (κ1) is 16.9. The smallest absolute Gasteiger partial charge is 0.241 e. The summed E-state index contributed by atoms with van der Waals surface area (Å²) in [4.78, 5) is 26.7. The Bertz CT molecular complexity index is 269. The Labute approximate surface area is 109 Å². The molecule has 6 heteroatoms. The van der Waals surface area contributed by atoms with Crippen LogP contribution in [0.25, 0.3) is 0 Å². The second-order valence-electron chi connectivity index (χ2n) is 4.44. The predicted molar refractivity (Wildman–Crippen MR) is 70.0 cm³/mol. The molecule has 1 unspecified atom stereocenters. The highest BCUT2D eigenvalue weighted by Crippen LogP contribution is 2.00. The molecule has 2 amide bonds. The van der Waals surface area contributed by atoms with Crippen LogP contribution in [0.3, 0.4) is 0 Å². The van der Waals surface area contributed by atoms with Crippen molar-refractivity contribution < 1.29 is 14.3 Å². The molecule has 0 aliphatic heterocycles. The van der Waals surface area contributed by atoms with Gasteiger partial charge in [-0.3, -0.25) is 9.59 Å². The molecule has 0 saturated carbocycles. The third kappa shape index (κ3) is 5.97. The highest BCUT2D eigenvalue weighted by atomic mass is 16.5. The van der Waals surface area contributed by atoms with Crippen molar-refractivity contribution in [1.29, 1.82) is 0 Å². The first-order valence-electron chi connectivity index (χ1n) is 6.17. The summed E-state index contributed by atoms with van der Waals surface area (Å²) in [6.07, 6.45) is 1.26. The minimum absolute atomic E-state index is 0.0837. The fourth-order valence-electron chi connectivity index (χ4n) is 1.44. The van der Waals surface area contributed by atoms with Gasteiger partial charge in [0.25, 0.3) is 0 Å². The first-order valence-corrected chi connectivity index (χ1v) is 6.17. The van der Waals surface area contributed by atoms with Gasteiger partial charge in [0.2, 0.25) is 11.8 Å². The zero-order valence-corrected chi connectivity index (χ0v) is 11.8. The van der Waals surface area contributed by atoms with Gasteiger partial charge in [0, 0.05) is 34.4 Å². The van der Waals surface area contributed by atoms with E-state index in [1.54, 1.807) is 21.2 Å². The maximum absolute atomic E-state index is 12.1. The van der Waals surface area contributed by atoms with Gasteiger partial charge in [-0.25, -0.2) is 0 Å². The number of nitrogens with zero attached hydrogens (tertiary/aromatic N) is 2. The Hall–Kier alpha value is -1.14. The van der Waals surface area contributed by atoms with Gasteiger partial charge in [-0.2, -0.15) is 0 Å². The molecule has 106 valence electrons. The molecule has 0 fully saturated rings. The molecule has 0 aliphatic carbocycles. The molecule has 1 atom stereocenters. The number of methoxy groups -OCH3 is 1. The molecule has 0 saturated heterocycles. The number of rotatable bonds is 8. The molecule has 0 aromatic heterocycles. The number of hydrogen-bond acceptors (Lipinski definition) is 4. The largest absolute Gasteiger partial charge is 0.385 e. The van der Waals surface area contributed by atoms with Crippen LogP contribution >= 0.6 is 0 Å². The van der Waals surface area contributed by atoms with Crippen molar-refractivity contribution >= 4 is 11.8 Å². The number of carbonyl (C=O) groups is 2. The zero-order chi connectivity index (χ0) is 14.1. The molecule has 0 aliphatic rings. The molecule has 0 aromatic rings. The van der Waals surface area contributed by atoms with E-state index in [2.05, 4.69) is 0 Å². The highest BCUT2D eigenvalue weighted by molar-refractivity contribution is 5.87. The number of hydrogen-bond donors (Lipinski definition) is 1. The van der Waals surface area contributed by atoms with Gasteiger partial charge in [-0.1, -0.05) is 6.92 Å². The Balaban J connectivity index is 4.47. The minimum atomic E-state index is -0.605. The average Bonchev–Trinajstić information content (AvgIpc) is 2.34. The molecular weight excluding hydrogens is 234 g/mol. The standard InChI is InChI=1S/C12H25N3O3/c1-5-7-15(9-11(16)14(2)3)12(17)10(13)6-8-18-4/h10H,5-9,13H2,1-4H3. The van der Waals surface area contributed by atoms with E-state index in [0.717, 1.165) is 6.42 Å². The molecule has 0 aromatic carbocycles. The summed E-state index contributed by atoms with van der Waals surface area (Å²) in [6, 6.07) is -0.605. The lowest BCUT2D eigenvalue weighted by molar-refractivity contribution is -0.140. The molecule has 0 spiro atoms. The first-order chi connectivity index (χ1) is 8.43. The number of ether oxygens (including phenoxy) is 1. The van der Waals surface area contributed by atoms with Crippen molar-refractivity contribution in [3.8, 4) is 0 Å². The van der Waals surface area contributed by atoms with Crippen LogP contribution in [-0.2, 0) is 14.3 Å². The van der Waals surface area contributed by atoms with Crippen LogP contribution in [0.4, 0.5) is 0 Å². The van der Waals surface area contributed by atoms with Crippen LogP contribution in [-0.4, -0.2) is 68.6 Å². The van der Waals surface area contributed by atoms with E-state index in [1.807, 2.05) is 6.92 Å². The average molecular weight is 259 g/mol. The second kappa shape index (κ2) is 8.88. The normalized spacial score (nSPS) is 12.1. The van der Waals surface area contributed by atoms with Gasteiger partial charge in [0.15, 0.2) is 0 Å². The third-order valence-electron chi connectivity index (χ3n) is 2.58. The monoisotopic (exact) mass is 259 g/mol. The minimum Gasteiger partial charge on any atom is -0.385 e. The molecular formula is C12H25N3O3. The molecule has 2 N–H and O–H groups in total. The van der Waals surface area contributed by atoms with Crippen molar-refractivity contribution in [2.45, 2.75) is 25.8 Å². The van der Waals surface area contributed by atoms with E-state index in [-0.39, 0.29) is 18.4 Å². The van der Waals surface area contributed by atoms with Crippen molar-refractivity contribution in [1.82, 2.24) is 9.80 Å². The number of nitrogens with two attached hydrogens (primary N) is 1. The van der Waals surface area contributed by atoms with Crippen molar-refractivity contribution in [2.24, 2.45) is 5.73 Å². The maximum atomic E-state index is 12.1. The lowest BCUT2D eigenvalue weighted by Crippen LogP contribution is -2.48. The highest BCUT2D eigenvalue weighted by Gasteiger charge is 2.22. The zero-order valence-electron chi connectivity index (χ0n) is 11.8. The quantitative estimate of drug-likeness (QED) is 0.648. The number of carbonyl (C=O) groups excluding carboxylic acids is 2. The van der Waals surface area contributed by atoms with E-state index >= 15 is 0 Å². The summed E-state index contributed by atoms with van der Waals surface area (Å²) in [6.45, 7) is 3.02. The Kier molecular flexibility index (Phi) is 8.32. The second-order valence-corrected chi connectivity index (χ2v) is 4.44. The number of likely N-dealkylation sites (N-methyl/N-ethyl adjacent to an activating group) is 1. The SMILES string of the molecule is CCCN(CC(=O)N(C)C)C(=O)C(N)CCOC. The summed E-state index contributed by atoms with van der Waals surface area (Å²) >= 11 is 0. The van der Waals surface area contributed by atoms with Crippen LogP contribution in [0.1, 0.15) is 19.8 Å². The van der Waals surface area contributed by atoms with Crippen LogP contribution in [0.5, 0.6) is 0 Å². The maximum Gasteiger partial charge on any atom is 0.241 e. The van der Waals surface area contributed by atoms with Gasteiger partial charge in [-0.05, 0) is 12.8 Å². The van der Waals surface area contributed by atoms with Crippen molar-refractivity contribution in [2.75, 3.05) is 40.9 Å². The van der Waals surface area contributed by atoms with Crippen LogP contribution in [0, 0.1) is 0 Å². The van der Waals surface area contributed by atoms with E-state index in [4.69, 9.17) is 10.5 Å². The molecule has 0 rings (SSSR count). The third-order valence-corrected chi connectivity index (χ3v) is 2.58. The molecule has 0 heterocycles. The van der Waals surface area contributed by atoms with Gasteiger partial charge in [0.1, 0.15) is 0 Å². The topological polar surface area (TPSA) is 75.9 Å². The Morgan fingerprint density at radius 3 is 2.39 bits per heavy atom. The summed E-state index contributed by atoms with van der Waals surface area (Å²) in [5.41, 5.74) is 5.79. The predicted octanol–water partition coefficient (Wildman–Crippen LogP) is -0.323. The molecule has 0 bridgehead atoms. The molecule has 0 radical (unpaired) electrons. The number of amides is 2. The van der Waals surface area contributed by atoms with Crippen molar-refractivity contribution in [3.05, 3.63) is 0 Å². The summed E-state index contributed by atoms with van der Waals surface area (Å²) in [7, 11) is 4.90. The van der Waals surface area contributed by atoms with Gasteiger partial charge in [-0.15, -0.1) is 0 Å². The van der Waals surface area contributed by atoms with Crippen molar-refractivity contribution in [3.63, 3.8) is 0 Å². The summed E-state index contributed by atoms with van der Waals surface area (Å²) < 4.78 is 4.90. The van der Waals surface area contributed by atoms with Gasteiger partial charge < -0.3 is 20.3 Å². The van der Waals surface area contributed by atoms with Crippen LogP contribution < -0.4 is 5.73 Å². The van der Waals surface area contributed by atoms with E-state index in [9.17, 15) is 9.59 Å². The fourth-order valence-corrected chi connectivity index (χ4v) is 1.44. The lowest BCUT2D eigenvalue weighted by atomic mass is 10.2. The lowest BCUT2D eigenvalue weighted by Gasteiger charge is -2.26. The van der Waals surface area contributed by atoms with Crippen LogP contribution in [0.2, 0.25) is 0 Å². The fraction of sp³-hybridized carbons (Fsp3) is 0.833. The molecule has 18 heavy (non-hydrogen) atoms. The van der Waals surface area contributed by atoms with Gasteiger partial charge >= 0.3 is 0 Å². The Morgan fingerprint density at radius 1 is 1.33 bits per heavy atom. The Morgan fingerprint density at radius 2 is 1.94 bits per heavy atom. The van der Waals surface area contributed by atoms with Gasteiger partial charge in [0.05, 0.1) is 12.6 Å². The van der Waals surface area contributed by atoms with Crippen LogP contribution in [0.15, 0.2) is 0 Å². The van der Waals surface area contributed by atoms with E-state index in [1.165, 1.54) is 9.80 Å². The van der Waals surface area contributed by atoms with E-state index < -0.39 is 6.04 Å². The molecule has 6 nitrogen and oxygen atoms in total.